The third kappa shape index (κ3) is 22.6. The van der Waals surface area contributed by atoms with Crippen LogP contribution < -0.4 is 5.73 Å². The van der Waals surface area contributed by atoms with Crippen molar-refractivity contribution in [3.63, 3.8) is 0 Å². The number of nitrogens with two attached hydrogens (primary N) is 1. The Morgan fingerprint density at radius 3 is 1.93 bits per heavy atom. The zero-order valence-electron chi connectivity index (χ0n) is 9.23. The second-order valence-electron chi connectivity index (χ2n) is 3.23. The minimum absolute atomic E-state index is 0.132. The van der Waals surface area contributed by atoms with E-state index in [0.29, 0.717) is 6.42 Å². The van der Waals surface area contributed by atoms with Crippen LogP contribution in [0.25, 0.3) is 0 Å². The molecule has 5 nitrogen and oxygen atoms in total. The zero-order chi connectivity index (χ0) is 11.6. The predicted octanol–water partition coefficient (Wildman–Crippen LogP) is 0.181. The van der Waals surface area contributed by atoms with E-state index in [0.717, 1.165) is 19.5 Å². The molecular formula is C8H22N2O3S. The first-order chi connectivity index (χ1) is 6.33. The summed E-state index contributed by atoms with van der Waals surface area (Å²) in [5.74, 6) is -0.132. The molecule has 0 aromatic carbocycles. The number of hydrogen-bond donors (Lipinski definition) is 2. The third-order valence-corrected chi connectivity index (χ3v) is 2.20. The lowest BCUT2D eigenvalue weighted by Gasteiger charge is -2.05. The highest BCUT2D eigenvalue weighted by molar-refractivity contribution is 7.85. The summed E-state index contributed by atoms with van der Waals surface area (Å²) in [5.41, 5.74) is 5.25. The fourth-order valence-corrected chi connectivity index (χ4v) is 1.18. The molecular weight excluding hydrogens is 204 g/mol. The molecule has 6 heteroatoms. The van der Waals surface area contributed by atoms with Gasteiger partial charge in [-0.1, -0.05) is 6.92 Å². The average molecular weight is 226 g/mol. The fourth-order valence-electron chi connectivity index (χ4n) is 0.665. The molecule has 0 spiro atoms. The summed E-state index contributed by atoms with van der Waals surface area (Å²) in [4.78, 5) is 2.13. The molecule has 0 aromatic rings. The number of rotatable bonds is 5. The molecule has 88 valence electrons. The van der Waals surface area contributed by atoms with E-state index >= 15 is 0 Å². The van der Waals surface area contributed by atoms with Crippen molar-refractivity contribution in [2.24, 2.45) is 5.73 Å². The van der Waals surface area contributed by atoms with Gasteiger partial charge in [0.05, 0.1) is 5.75 Å². The molecule has 3 N–H and O–H groups in total. The molecule has 0 atom stereocenters. The molecule has 0 fully saturated rings. The lowest BCUT2D eigenvalue weighted by Crippen LogP contribution is -2.16. The van der Waals surface area contributed by atoms with E-state index in [4.69, 9.17) is 10.3 Å². The summed E-state index contributed by atoms with van der Waals surface area (Å²) in [6.07, 6.45) is 1.58. The lowest BCUT2D eigenvalue weighted by molar-refractivity contribution is 0.403. The van der Waals surface area contributed by atoms with Crippen molar-refractivity contribution < 1.29 is 13.0 Å². The normalized spacial score (nSPS) is 11.0. The van der Waals surface area contributed by atoms with E-state index in [9.17, 15) is 8.42 Å². The van der Waals surface area contributed by atoms with Gasteiger partial charge in [0.2, 0.25) is 0 Å². The van der Waals surface area contributed by atoms with Gasteiger partial charge in [-0.25, -0.2) is 0 Å². The second kappa shape index (κ2) is 9.39. The Labute approximate surface area is 87.0 Å². The standard InChI is InChI=1S/C5H14N2.C3H8O3S/c1-7(2)5-3-4-6;1-2-3-7(4,5)6/h3-6H2,1-2H3;2-3H2,1H3,(H,4,5,6). The molecule has 0 unspecified atom stereocenters. The largest absolute Gasteiger partial charge is 0.330 e. The topological polar surface area (TPSA) is 83.6 Å². The van der Waals surface area contributed by atoms with Gasteiger partial charge >= 0.3 is 0 Å². The molecule has 14 heavy (non-hydrogen) atoms. The smallest absolute Gasteiger partial charge is 0.264 e. The lowest BCUT2D eigenvalue weighted by atomic mass is 10.4. The first kappa shape index (κ1) is 16.3. The highest BCUT2D eigenvalue weighted by Gasteiger charge is 1.98. The van der Waals surface area contributed by atoms with Crippen LogP contribution in [0.15, 0.2) is 0 Å². The monoisotopic (exact) mass is 226 g/mol. The summed E-state index contributed by atoms with van der Waals surface area (Å²) in [6, 6.07) is 0. The Kier molecular flexibility index (Phi) is 10.9. The van der Waals surface area contributed by atoms with Gasteiger partial charge < -0.3 is 10.6 Å². The zero-order valence-corrected chi connectivity index (χ0v) is 10.0. The van der Waals surface area contributed by atoms with E-state index in [2.05, 4.69) is 19.0 Å². The van der Waals surface area contributed by atoms with Crippen molar-refractivity contribution >= 4 is 10.1 Å². The Balaban J connectivity index is 0. The first-order valence-electron chi connectivity index (χ1n) is 4.63. The average Bonchev–Trinajstić information content (AvgIpc) is 1.99. The van der Waals surface area contributed by atoms with E-state index in [1.165, 1.54) is 0 Å². The minimum atomic E-state index is -3.67. The van der Waals surface area contributed by atoms with Gasteiger partial charge in [-0.05, 0) is 40.0 Å². The molecule has 0 aliphatic rings. The molecule has 0 aliphatic carbocycles. The van der Waals surface area contributed by atoms with Gasteiger partial charge in [0.25, 0.3) is 10.1 Å². The summed E-state index contributed by atoms with van der Waals surface area (Å²) in [7, 11) is 0.428. The van der Waals surface area contributed by atoms with E-state index in [1.807, 2.05) is 0 Å². The highest BCUT2D eigenvalue weighted by Crippen LogP contribution is 1.83. The van der Waals surface area contributed by atoms with Crippen molar-refractivity contribution in [2.75, 3.05) is 32.9 Å². The number of nitrogens with zero attached hydrogens (tertiary/aromatic N) is 1. The molecule has 0 bridgehead atoms. The van der Waals surface area contributed by atoms with Crippen molar-refractivity contribution in [2.45, 2.75) is 19.8 Å². The summed E-state index contributed by atoms with van der Waals surface area (Å²) >= 11 is 0. The molecule has 0 rings (SSSR count). The summed E-state index contributed by atoms with van der Waals surface area (Å²) in [6.45, 7) is 3.60. The Morgan fingerprint density at radius 1 is 1.36 bits per heavy atom. The van der Waals surface area contributed by atoms with Gasteiger partial charge in [0, 0.05) is 0 Å². The van der Waals surface area contributed by atoms with Crippen LogP contribution >= 0.6 is 0 Å². The molecule has 0 aliphatic heterocycles. The molecule has 0 aromatic heterocycles. The van der Waals surface area contributed by atoms with Gasteiger partial charge in [-0.2, -0.15) is 8.42 Å². The Hall–Kier alpha value is -0.170. The van der Waals surface area contributed by atoms with Gasteiger partial charge in [-0.15, -0.1) is 0 Å². The van der Waals surface area contributed by atoms with Crippen LogP contribution in [0.4, 0.5) is 0 Å². The van der Waals surface area contributed by atoms with E-state index in [-0.39, 0.29) is 5.75 Å². The van der Waals surface area contributed by atoms with Gasteiger partial charge in [-0.3, -0.25) is 4.55 Å². The van der Waals surface area contributed by atoms with Crippen LogP contribution in [0.2, 0.25) is 0 Å². The van der Waals surface area contributed by atoms with E-state index in [1.54, 1.807) is 6.92 Å². The maximum Gasteiger partial charge on any atom is 0.264 e. The predicted molar refractivity (Wildman–Crippen MR) is 58.9 cm³/mol. The fraction of sp³-hybridized carbons (Fsp3) is 1.00. The highest BCUT2D eigenvalue weighted by atomic mass is 32.2. The van der Waals surface area contributed by atoms with Crippen LogP contribution in [0.1, 0.15) is 19.8 Å². The summed E-state index contributed by atoms with van der Waals surface area (Å²) < 4.78 is 27.6. The molecule has 0 saturated heterocycles. The number of hydrogen-bond acceptors (Lipinski definition) is 4. The quantitative estimate of drug-likeness (QED) is 0.653. The van der Waals surface area contributed by atoms with Gasteiger partial charge in [0.1, 0.15) is 0 Å². The molecule has 0 saturated carbocycles. The van der Waals surface area contributed by atoms with Gasteiger partial charge in [0.15, 0.2) is 0 Å². The van der Waals surface area contributed by atoms with Crippen LogP contribution in [-0.4, -0.2) is 50.8 Å². The maximum atomic E-state index is 9.79. The SMILES string of the molecule is CCCS(=O)(=O)O.CN(C)CCCN. The van der Waals surface area contributed by atoms with E-state index < -0.39 is 10.1 Å². The summed E-state index contributed by atoms with van der Waals surface area (Å²) in [5, 5.41) is 0. The van der Waals surface area contributed by atoms with Crippen molar-refractivity contribution in [1.29, 1.82) is 0 Å². The Morgan fingerprint density at radius 2 is 1.86 bits per heavy atom. The minimum Gasteiger partial charge on any atom is -0.330 e. The molecule has 0 heterocycles. The van der Waals surface area contributed by atoms with Crippen LogP contribution in [0.5, 0.6) is 0 Å². The van der Waals surface area contributed by atoms with Crippen LogP contribution in [0.3, 0.4) is 0 Å². The Bertz CT molecular complexity index is 203. The van der Waals surface area contributed by atoms with Crippen LogP contribution in [0, 0.1) is 0 Å². The molecule has 0 radical (unpaired) electrons. The van der Waals surface area contributed by atoms with Crippen molar-refractivity contribution in [3.05, 3.63) is 0 Å². The maximum absolute atomic E-state index is 9.79. The first-order valence-corrected chi connectivity index (χ1v) is 6.24. The van der Waals surface area contributed by atoms with Crippen LogP contribution in [-0.2, 0) is 10.1 Å². The third-order valence-electron chi connectivity index (χ3n) is 1.27. The van der Waals surface area contributed by atoms with Crippen molar-refractivity contribution in [1.82, 2.24) is 4.90 Å². The van der Waals surface area contributed by atoms with Crippen molar-refractivity contribution in [3.8, 4) is 0 Å². The second-order valence-corrected chi connectivity index (χ2v) is 4.80. The molecule has 0 amide bonds.